The van der Waals surface area contributed by atoms with Gasteiger partial charge in [0.1, 0.15) is 10.7 Å². The van der Waals surface area contributed by atoms with Crippen molar-refractivity contribution in [1.82, 2.24) is 15.1 Å². The molecule has 2 aromatic rings. The minimum atomic E-state index is 0.201. The molecule has 0 amide bonds. The molecule has 0 N–H and O–H groups in total. The highest BCUT2D eigenvalue weighted by atomic mass is 79.9. The molecule has 2 aromatic heterocycles. The highest BCUT2D eigenvalue weighted by molar-refractivity contribution is 9.10. The first kappa shape index (κ1) is 14.8. The van der Waals surface area contributed by atoms with Crippen molar-refractivity contribution in [2.75, 3.05) is 18.0 Å². The third-order valence-electron chi connectivity index (χ3n) is 3.38. The van der Waals surface area contributed by atoms with Crippen LogP contribution in [0.1, 0.15) is 38.4 Å². The number of rotatable bonds is 4. The van der Waals surface area contributed by atoms with Crippen LogP contribution in [0.5, 0.6) is 5.19 Å². The predicted octanol–water partition coefficient (Wildman–Crippen LogP) is 3.46. The molecule has 6 nitrogen and oxygen atoms in total. The number of hydrogen-bond acceptors (Lipinski definition) is 7. The predicted molar refractivity (Wildman–Crippen MR) is 84.1 cm³/mol. The molecule has 0 atom stereocenters. The number of halogens is 1. The number of anilines is 1. The molecule has 1 aliphatic heterocycles. The van der Waals surface area contributed by atoms with Gasteiger partial charge in [0.2, 0.25) is 0 Å². The quantitative estimate of drug-likeness (QED) is 0.818. The van der Waals surface area contributed by atoms with Crippen molar-refractivity contribution in [3.63, 3.8) is 0 Å². The number of thiazole rings is 1. The van der Waals surface area contributed by atoms with Crippen LogP contribution in [0, 0.1) is 0 Å². The average Bonchev–Trinajstić information content (AvgIpc) is 3.09. The van der Waals surface area contributed by atoms with Gasteiger partial charge in [0, 0.05) is 37.2 Å². The fourth-order valence-electron chi connectivity index (χ4n) is 2.19. The van der Waals surface area contributed by atoms with Crippen molar-refractivity contribution < 1.29 is 9.26 Å². The monoisotopic (exact) mass is 372 g/mol. The Hall–Kier alpha value is -1.15. The number of nitrogens with zero attached hydrogens (tertiary/aromatic N) is 4. The molecule has 1 aliphatic rings. The summed E-state index contributed by atoms with van der Waals surface area (Å²) in [6.07, 6.45) is 2.06. The number of hydrogen-bond donors (Lipinski definition) is 0. The molecule has 0 spiro atoms. The highest BCUT2D eigenvalue weighted by Gasteiger charge is 2.25. The first-order valence-electron chi connectivity index (χ1n) is 6.98. The number of ether oxygens (including phenoxy) is 1. The smallest absolute Gasteiger partial charge is 0.324 e. The van der Waals surface area contributed by atoms with E-state index < -0.39 is 0 Å². The molecule has 0 aromatic carbocycles. The van der Waals surface area contributed by atoms with Crippen LogP contribution in [0.15, 0.2) is 14.5 Å². The van der Waals surface area contributed by atoms with E-state index in [0.717, 1.165) is 41.6 Å². The van der Waals surface area contributed by atoms with Crippen LogP contribution in [0.4, 0.5) is 6.01 Å². The molecule has 114 valence electrons. The maximum absolute atomic E-state index is 5.89. The molecule has 0 saturated carbocycles. The molecule has 3 heterocycles. The van der Waals surface area contributed by atoms with Gasteiger partial charge in [-0.05, 0) is 15.9 Å². The molecule has 0 unspecified atom stereocenters. The van der Waals surface area contributed by atoms with Crippen LogP contribution in [-0.2, 0) is 0 Å². The summed E-state index contributed by atoms with van der Waals surface area (Å²) in [5, 5.41) is 6.66. The van der Waals surface area contributed by atoms with Gasteiger partial charge >= 0.3 is 6.01 Å². The van der Waals surface area contributed by atoms with Crippen molar-refractivity contribution in [3.8, 4) is 5.19 Å². The van der Waals surface area contributed by atoms with Gasteiger partial charge in [-0.1, -0.05) is 30.3 Å². The third kappa shape index (κ3) is 3.55. The summed E-state index contributed by atoms with van der Waals surface area (Å²) in [5.41, 5.74) is 0. The maximum Gasteiger partial charge on any atom is 0.324 e. The molecular weight excluding hydrogens is 356 g/mol. The van der Waals surface area contributed by atoms with E-state index in [0.29, 0.717) is 6.01 Å². The second kappa shape index (κ2) is 6.31. The maximum atomic E-state index is 5.89. The molecule has 1 fully saturated rings. The zero-order chi connectivity index (χ0) is 14.8. The van der Waals surface area contributed by atoms with E-state index in [1.54, 1.807) is 0 Å². The first-order chi connectivity index (χ1) is 10.1. The summed E-state index contributed by atoms with van der Waals surface area (Å²) in [4.78, 5) is 10.8. The van der Waals surface area contributed by atoms with Crippen LogP contribution < -0.4 is 9.64 Å². The lowest BCUT2D eigenvalue weighted by Crippen LogP contribution is -2.38. The van der Waals surface area contributed by atoms with Gasteiger partial charge in [-0.2, -0.15) is 9.97 Å². The van der Waals surface area contributed by atoms with E-state index in [4.69, 9.17) is 9.26 Å². The Morgan fingerprint density at radius 1 is 1.38 bits per heavy atom. The van der Waals surface area contributed by atoms with Crippen molar-refractivity contribution >= 4 is 33.3 Å². The van der Waals surface area contributed by atoms with Gasteiger partial charge in [0.25, 0.3) is 5.19 Å². The highest BCUT2D eigenvalue weighted by Crippen LogP contribution is 2.26. The number of piperidine rings is 1. The van der Waals surface area contributed by atoms with Crippen molar-refractivity contribution in [2.24, 2.45) is 0 Å². The largest absolute Gasteiger partial charge is 0.467 e. The Morgan fingerprint density at radius 3 is 2.71 bits per heavy atom. The molecule has 8 heteroatoms. The Balaban J connectivity index is 1.54. The minimum absolute atomic E-state index is 0.201. The molecule has 1 saturated heterocycles. The van der Waals surface area contributed by atoms with Crippen LogP contribution in [0.2, 0.25) is 0 Å². The van der Waals surface area contributed by atoms with Gasteiger partial charge in [-0.25, -0.2) is 0 Å². The van der Waals surface area contributed by atoms with E-state index in [1.165, 1.54) is 11.3 Å². The van der Waals surface area contributed by atoms with E-state index in [1.807, 2.05) is 5.38 Å². The summed E-state index contributed by atoms with van der Waals surface area (Å²) in [5.74, 6) is 1.04. The molecule has 0 bridgehead atoms. The fourth-order valence-corrected chi connectivity index (χ4v) is 3.34. The standard InChI is InChI=1S/C13H17BrN4O2S/c1-8(2)11-16-12(20-17-11)18-5-3-9(4-6-18)19-13-15-10(14)7-21-13/h7-9H,3-6H2,1-2H3. The second-order valence-corrected chi connectivity index (χ2v) is 6.96. The molecule has 0 aliphatic carbocycles. The lowest BCUT2D eigenvalue weighted by atomic mass is 10.1. The fraction of sp³-hybridized carbons (Fsp3) is 0.615. The summed E-state index contributed by atoms with van der Waals surface area (Å²) >= 11 is 4.85. The third-order valence-corrected chi connectivity index (χ3v) is 4.82. The number of aromatic nitrogens is 3. The van der Waals surface area contributed by atoms with Crippen molar-refractivity contribution in [1.29, 1.82) is 0 Å². The van der Waals surface area contributed by atoms with Crippen molar-refractivity contribution in [2.45, 2.75) is 38.7 Å². The molecule has 21 heavy (non-hydrogen) atoms. The van der Waals surface area contributed by atoms with E-state index in [-0.39, 0.29) is 12.0 Å². The van der Waals surface area contributed by atoms with E-state index >= 15 is 0 Å². The minimum Gasteiger partial charge on any atom is -0.467 e. The topological polar surface area (TPSA) is 64.3 Å². The van der Waals surface area contributed by atoms with Gasteiger partial charge in [-0.15, -0.1) is 0 Å². The van der Waals surface area contributed by atoms with Crippen molar-refractivity contribution in [3.05, 3.63) is 15.8 Å². The lowest BCUT2D eigenvalue weighted by molar-refractivity contribution is 0.167. The summed E-state index contributed by atoms with van der Waals surface area (Å²) in [7, 11) is 0. The Bertz CT molecular complexity index is 593. The van der Waals surface area contributed by atoms with Gasteiger partial charge in [0.05, 0.1) is 0 Å². The zero-order valence-corrected chi connectivity index (χ0v) is 14.4. The van der Waals surface area contributed by atoms with Crippen LogP contribution in [-0.4, -0.2) is 34.3 Å². The first-order valence-corrected chi connectivity index (χ1v) is 8.65. The molecule has 3 rings (SSSR count). The van der Waals surface area contributed by atoms with Crippen LogP contribution >= 0.6 is 27.3 Å². The molecular formula is C13H17BrN4O2S. The van der Waals surface area contributed by atoms with Gasteiger partial charge in [0.15, 0.2) is 5.82 Å². The van der Waals surface area contributed by atoms with Gasteiger partial charge < -0.3 is 14.2 Å². The zero-order valence-electron chi connectivity index (χ0n) is 12.0. The lowest BCUT2D eigenvalue weighted by Gasteiger charge is -2.29. The summed E-state index contributed by atoms with van der Waals surface area (Å²) < 4.78 is 12.0. The van der Waals surface area contributed by atoms with Crippen LogP contribution in [0.25, 0.3) is 0 Å². The van der Waals surface area contributed by atoms with Gasteiger partial charge in [-0.3, -0.25) is 0 Å². The van der Waals surface area contributed by atoms with E-state index in [2.05, 4.69) is 49.8 Å². The van der Waals surface area contributed by atoms with E-state index in [9.17, 15) is 0 Å². The Labute approximate surface area is 135 Å². The molecule has 0 radical (unpaired) electrons. The normalized spacial score (nSPS) is 16.7. The Kier molecular flexibility index (Phi) is 4.44. The summed E-state index contributed by atoms with van der Waals surface area (Å²) in [6.45, 7) is 5.83. The average molecular weight is 373 g/mol. The second-order valence-electron chi connectivity index (χ2n) is 5.33. The Morgan fingerprint density at radius 2 is 2.14 bits per heavy atom. The van der Waals surface area contributed by atoms with Crippen LogP contribution in [0.3, 0.4) is 0 Å². The SMILES string of the molecule is CC(C)c1noc(N2CCC(Oc3nc(Br)cs3)CC2)n1. The summed E-state index contributed by atoms with van der Waals surface area (Å²) in [6, 6.07) is 0.620.